The fourth-order valence-electron chi connectivity index (χ4n) is 2.19. The van der Waals surface area contributed by atoms with E-state index in [1.165, 1.54) is 25.9 Å². The third-order valence-electron chi connectivity index (χ3n) is 3.31. The Morgan fingerprint density at radius 1 is 1.43 bits per heavy atom. The summed E-state index contributed by atoms with van der Waals surface area (Å²) >= 11 is 5.94. The lowest BCUT2D eigenvalue weighted by Gasteiger charge is -2.30. The van der Waals surface area contributed by atoms with E-state index in [-0.39, 0.29) is 19.1 Å². The van der Waals surface area contributed by atoms with Crippen LogP contribution in [0.15, 0.2) is 18.2 Å². The van der Waals surface area contributed by atoms with E-state index >= 15 is 0 Å². The molecule has 1 N–H and O–H groups in total. The van der Waals surface area contributed by atoms with Gasteiger partial charge in [-0.25, -0.2) is 4.79 Å². The van der Waals surface area contributed by atoms with Crippen LogP contribution in [0.2, 0.25) is 5.02 Å². The first-order valence-corrected chi connectivity index (χ1v) is 7.24. The van der Waals surface area contributed by atoms with E-state index in [4.69, 9.17) is 16.3 Å². The zero-order valence-corrected chi connectivity index (χ0v) is 13.8. The number of hydrogen-bond donors (Lipinski definition) is 1. The highest BCUT2D eigenvalue weighted by Gasteiger charge is 2.33. The number of benzene rings is 1. The molecule has 0 saturated carbocycles. The van der Waals surface area contributed by atoms with Gasteiger partial charge in [0.25, 0.3) is 5.91 Å². The zero-order chi connectivity index (χ0) is 17.2. The van der Waals surface area contributed by atoms with E-state index in [9.17, 15) is 14.4 Å². The van der Waals surface area contributed by atoms with Gasteiger partial charge in [0.05, 0.1) is 12.8 Å². The summed E-state index contributed by atoms with van der Waals surface area (Å²) in [5.74, 6) is -0.982. The van der Waals surface area contributed by atoms with Gasteiger partial charge in [0.1, 0.15) is 17.8 Å². The van der Waals surface area contributed by atoms with Gasteiger partial charge in [0.2, 0.25) is 5.91 Å². The predicted octanol–water partition coefficient (Wildman–Crippen LogP) is 1.13. The number of anilines is 1. The molecule has 0 fully saturated rings. The Hall–Kier alpha value is -2.28. The van der Waals surface area contributed by atoms with Crippen LogP contribution in [-0.2, 0) is 19.1 Å². The standard InChI is InChI=1S/C15H17ClN2O5/c1-15(2,14(21)22-3)17-12(19)7-18-10-6-9(16)4-5-11(10)23-8-13(18)20/h4-6H,7-8H2,1-3H3,(H,17,19). The highest BCUT2D eigenvalue weighted by molar-refractivity contribution is 6.31. The fourth-order valence-corrected chi connectivity index (χ4v) is 2.35. The lowest BCUT2D eigenvalue weighted by Crippen LogP contribution is -2.54. The third kappa shape index (κ3) is 3.73. The Morgan fingerprint density at radius 2 is 2.13 bits per heavy atom. The highest BCUT2D eigenvalue weighted by atomic mass is 35.5. The second-order valence-corrected chi connectivity index (χ2v) is 5.98. The molecule has 124 valence electrons. The number of carbonyl (C=O) groups excluding carboxylic acids is 3. The van der Waals surface area contributed by atoms with Crippen molar-refractivity contribution in [3.05, 3.63) is 23.2 Å². The lowest BCUT2D eigenvalue weighted by atomic mass is 10.1. The summed E-state index contributed by atoms with van der Waals surface area (Å²) in [7, 11) is 1.24. The molecule has 1 aromatic carbocycles. The smallest absolute Gasteiger partial charge is 0.330 e. The Bertz CT molecular complexity index is 659. The number of methoxy groups -OCH3 is 1. The van der Waals surface area contributed by atoms with Crippen molar-refractivity contribution in [2.24, 2.45) is 0 Å². The van der Waals surface area contributed by atoms with Crippen molar-refractivity contribution in [3.8, 4) is 5.75 Å². The second-order valence-electron chi connectivity index (χ2n) is 5.55. The summed E-state index contributed by atoms with van der Waals surface area (Å²) in [6, 6.07) is 4.81. The van der Waals surface area contributed by atoms with Crippen molar-refractivity contribution in [2.45, 2.75) is 19.4 Å². The van der Waals surface area contributed by atoms with E-state index in [0.29, 0.717) is 16.5 Å². The Labute approximate surface area is 138 Å². The molecule has 0 bridgehead atoms. The molecule has 0 aromatic heterocycles. The minimum Gasteiger partial charge on any atom is -0.482 e. The Morgan fingerprint density at radius 3 is 2.78 bits per heavy atom. The average Bonchev–Trinajstić information content (AvgIpc) is 2.48. The molecule has 0 radical (unpaired) electrons. The van der Waals surface area contributed by atoms with Crippen molar-refractivity contribution >= 4 is 35.1 Å². The number of ether oxygens (including phenoxy) is 2. The molecule has 1 aliphatic rings. The van der Waals surface area contributed by atoms with Crippen LogP contribution in [0.4, 0.5) is 5.69 Å². The molecular weight excluding hydrogens is 324 g/mol. The summed E-state index contributed by atoms with van der Waals surface area (Å²) in [4.78, 5) is 37.1. The van der Waals surface area contributed by atoms with E-state index in [0.717, 1.165) is 0 Å². The van der Waals surface area contributed by atoms with Crippen molar-refractivity contribution in [2.75, 3.05) is 25.2 Å². The van der Waals surface area contributed by atoms with Crippen molar-refractivity contribution in [1.82, 2.24) is 5.32 Å². The first kappa shape index (κ1) is 17.1. The fraction of sp³-hybridized carbons (Fsp3) is 0.400. The van der Waals surface area contributed by atoms with Gasteiger partial charge in [-0.1, -0.05) is 11.6 Å². The van der Waals surface area contributed by atoms with Gasteiger partial charge in [-0.2, -0.15) is 0 Å². The number of rotatable bonds is 4. The van der Waals surface area contributed by atoms with Crippen LogP contribution < -0.4 is 15.0 Å². The van der Waals surface area contributed by atoms with Crippen LogP contribution in [0.1, 0.15) is 13.8 Å². The number of halogens is 1. The molecule has 8 heteroatoms. The summed E-state index contributed by atoms with van der Waals surface area (Å²) in [5, 5.41) is 2.96. The van der Waals surface area contributed by atoms with Crippen LogP contribution in [-0.4, -0.2) is 43.6 Å². The molecule has 23 heavy (non-hydrogen) atoms. The summed E-state index contributed by atoms with van der Waals surface area (Å²) in [5.41, 5.74) is -0.780. The van der Waals surface area contributed by atoms with Gasteiger partial charge >= 0.3 is 5.97 Å². The number of nitrogens with zero attached hydrogens (tertiary/aromatic N) is 1. The number of carbonyl (C=O) groups is 3. The summed E-state index contributed by atoms with van der Waals surface area (Å²) in [6.07, 6.45) is 0. The molecule has 1 heterocycles. The maximum atomic E-state index is 12.2. The monoisotopic (exact) mass is 340 g/mol. The maximum Gasteiger partial charge on any atom is 0.330 e. The van der Waals surface area contributed by atoms with Crippen LogP contribution in [0, 0.1) is 0 Å². The largest absolute Gasteiger partial charge is 0.482 e. The minimum absolute atomic E-state index is 0.164. The SMILES string of the molecule is COC(=O)C(C)(C)NC(=O)CN1C(=O)COc2ccc(Cl)cc21. The molecule has 2 rings (SSSR count). The number of nitrogens with one attached hydrogen (secondary N) is 1. The van der Waals surface area contributed by atoms with Crippen LogP contribution in [0.3, 0.4) is 0 Å². The van der Waals surface area contributed by atoms with Crippen molar-refractivity contribution in [1.29, 1.82) is 0 Å². The molecule has 1 aliphatic heterocycles. The van der Waals surface area contributed by atoms with E-state index in [1.807, 2.05) is 0 Å². The lowest BCUT2D eigenvalue weighted by molar-refractivity contribution is -0.149. The average molecular weight is 341 g/mol. The van der Waals surface area contributed by atoms with E-state index < -0.39 is 17.4 Å². The topological polar surface area (TPSA) is 84.9 Å². The number of amides is 2. The van der Waals surface area contributed by atoms with Gasteiger partial charge in [-0.05, 0) is 32.0 Å². The third-order valence-corrected chi connectivity index (χ3v) is 3.55. The molecule has 0 spiro atoms. The Kier molecular flexibility index (Phi) is 4.79. The quantitative estimate of drug-likeness (QED) is 0.831. The molecule has 1 aromatic rings. The normalized spacial score (nSPS) is 13.9. The molecule has 0 aliphatic carbocycles. The number of hydrogen-bond acceptors (Lipinski definition) is 5. The highest BCUT2D eigenvalue weighted by Crippen LogP contribution is 2.34. The Balaban J connectivity index is 2.17. The number of fused-ring (bicyclic) bond motifs is 1. The minimum atomic E-state index is -1.20. The summed E-state index contributed by atoms with van der Waals surface area (Å²) < 4.78 is 9.93. The van der Waals surface area contributed by atoms with Crippen molar-refractivity contribution in [3.63, 3.8) is 0 Å². The van der Waals surface area contributed by atoms with E-state index in [2.05, 4.69) is 10.1 Å². The maximum absolute atomic E-state index is 12.2. The van der Waals surface area contributed by atoms with Crippen LogP contribution in [0.5, 0.6) is 5.75 Å². The first-order chi connectivity index (χ1) is 10.7. The number of esters is 1. The van der Waals surface area contributed by atoms with Crippen LogP contribution >= 0.6 is 11.6 Å². The van der Waals surface area contributed by atoms with Gasteiger partial charge in [-0.15, -0.1) is 0 Å². The zero-order valence-electron chi connectivity index (χ0n) is 13.0. The second kappa shape index (κ2) is 6.45. The predicted molar refractivity (Wildman–Crippen MR) is 83.5 cm³/mol. The van der Waals surface area contributed by atoms with Gasteiger partial charge in [-0.3, -0.25) is 14.5 Å². The molecule has 2 amide bonds. The van der Waals surface area contributed by atoms with Gasteiger partial charge in [0, 0.05) is 5.02 Å². The molecule has 7 nitrogen and oxygen atoms in total. The van der Waals surface area contributed by atoms with Gasteiger partial charge in [0.15, 0.2) is 6.61 Å². The molecular formula is C15H17ClN2O5. The molecule has 0 saturated heterocycles. The van der Waals surface area contributed by atoms with Crippen LogP contribution in [0.25, 0.3) is 0 Å². The van der Waals surface area contributed by atoms with Crippen molar-refractivity contribution < 1.29 is 23.9 Å². The first-order valence-electron chi connectivity index (χ1n) is 6.87. The molecule has 0 atom stereocenters. The molecule has 0 unspecified atom stereocenters. The summed E-state index contributed by atoms with van der Waals surface area (Å²) in [6.45, 7) is 2.61. The van der Waals surface area contributed by atoms with Gasteiger partial charge < -0.3 is 14.8 Å². The van der Waals surface area contributed by atoms with E-state index in [1.54, 1.807) is 18.2 Å².